The van der Waals surface area contributed by atoms with E-state index in [-0.39, 0.29) is 36.3 Å². The third-order valence-corrected chi connectivity index (χ3v) is 9.33. The second-order valence-corrected chi connectivity index (χ2v) is 13.6. The monoisotopic (exact) mass is 577 g/mol. The number of carbonyl (C=O) groups excluding carboxylic acids is 3. The SMILES string of the molecule is CN(C)[C@@H]1C(=O)C(C(N)=O)=C(O)[C@@]2(O)C(=O)C3=C(O)c4c(O)ccc(CCCNS(C)(=O)=O)c4C[C@@]3(C)C[C@@]12C. The maximum Gasteiger partial charge on any atom is 0.255 e. The predicted molar refractivity (Wildman–Crippen MR) is 145 cm³/mol. The van der Waals surface area contributed by atoms with Crippen LogP contribution in [0.2, 0.25) is 0 Å². The third-order valence-electron chi connectivity index (χ3n) is 8.60. The normalized spacial score (nSPS) is 30.3. The number of hydrogen-bond acceptors (Lipinski definition) is 10. The number of sulfonamides is 1. The number of aliphatic hydroxyl groups excluding tert-OH is 2. The third kappa shape index (κ3) is 4.14. The summed E-state index contributed by atoms with van der Waals surface area (Å²) in [6, 6.07) is 1.79. The number of likely N-dealkylation sites (N-methyl/N-ethyl adjacent to an activating group) is 1. The van der Waals surface area contributed by atoms with Gasteiger partial charge in [0.25, 0.3) is 5.91 Å². The molecule has 0 aliphatic heterocycles. The molecule has 7 N–H and O–H groups in total. The Kier molecular flexibility index (Phi) is 6.98. The van der Waals surface area contributed by atoms with Gasteiger partial charge in [0.1, 0.15) is 22.8 Å². The number of phenols is 1. The van der Waals surface area contributed by atoms with Crippen LogP contribution >= 0.6 is 0 Å². The molecule has 0 spiro atoms. The lowest BCUT2D eigenvalue weighted by Crippen LogP contribution is -2.72. The summed E-state index contributed by atoms with van der Waals surface area (Å²) in [5.41, 5.74) is -0.0581. The van der Waals surface area contributed by atoms with Crippen molar-refractivity contribution >= 4 is 33.3 Å². The molecule has 0 unspecified atom stereocenters. The van der Waals surface area contributed by atoms with E-state index in [1.165, 1.54) is 17.9 Å². The van der Waals surface area contributed by atoms with E-state index in [1.54, 1.807) is 27.1 Å². The van der Waals surface area contributed by atoms with Gasteiger partial charge in [-0.3, -0.25) is 19.3 Å². The van der Waals surface area contributed by atoms with Crippen LogP contribution in [-0.2, 0) is 37.2 Å². The van der Waals surface area contributed by atoms with Crippen molar-refractivity contribution in [3.8, 4) is 5.75 Å². The van der Waals surface area contributed by atoms with Crippen molar-refractivity contribution in [3.63, 3.8) is 0 Å². The minimum atomic E-state index is -3.38. The van der Waals surface area contributed by atoms with Gasteiger partial charge in [0.05, 0.1) is 17.9 Å². The average Bonchev–Trinajstić information content (AvgIpc) is 2.79. The topological polar surface area (TPSA) is 208 Å². The van der Waals surface area contributed by atoms with Crippen LogP contribution in [0.15, 0.2) is 29.0 Å². The second kappa shape index (κ2) is 9.40. The van der Waals surface area contributed by atoms with Gasteiger partial charge in [-0.15, -0.1) is 0 Å². The number of fused-ring (bicyclic) bond motifs is 3. The molecule has 12 nitrogen and oxygen atoms in total. The van der Waals surface area contributed by atoms with E-state index in [9.17, 15) is 43.2 Å². The molecule has 13 heteroatoms. The maximum absolute atomic E-state index is 14.2. The number of primary amides is 1. The molecule has 0 radical (unpaired) electrons. The highest BCUT2D eigenvalue weighted by Crippen LogP contribution is 2.63. The zero-order valence-electron chi connectivity index (χ0n) is 23.0. The molecule has 3 aliphatic carbocycles. The molecular formula is C27H35N3O9S. The Bertz CT molecular complexity index is 1510. The van der Waals surface area contributed by atoms with E-state index in [0.717, 1.165) is 11.8 Å². The summed E-state index contributed by atoms with van der Waals surface area (Å²) in [5.74, 6) is -5.26. The molecule has 1 saturated carbocycles. The maximum atomic E-state index is 14.2. The number of carbonyl (C=O) groups is 3. The average molecular weight is 578 g/mol. The Morgan fingerprint density at radius 3 is 2.35 bits per heavy atom. The van der Waals surface area contributed by atoms with Crippen molar-refractivity contribution in [2.24, 2.45) is 16.6 Å². The van der Waals surface area contributed by atoms with Crippen LogP contribution in [0.3, 0.4) is 0 Å². The molecule has 0 heterocycles. The zero-order valence-corrected chi connectivity index (χ0v) is 23.8. The number of aliphatic hydroxyl groups is 3. The highest BCUT2D eigenvalue weighted by atomic mass is 32.2. The van der Waals surface area contributed by atoms with Crippen molar-refractivity contribution in [2.45, 2.75) is 51.2 Å². The van der Waals surface area contributed by atoms with Gasteiger partial charge >= 0.3 is 0 Å². The number of aryl methyl sites for hydroxylation is 1. The van der Waals surface area contributed by atoms with E-state index < -0.39 is 67.1 Å². The van der Waals surface area contributed by atoms with Gasteiger partial charge in [-0.1, -0.05) is 19.9 Å². The summed E-state index contributed by atoms with van der Waals surface area (Å²) in [4.78, 5) is 41.3. The van der Waals surface area contributed by atoms with Crippen molar-refractivity contribution < 1.29 is 43.2 Å². The number of hydrogen-bond donors (Lipinski definition) is 6. The highest BCUT2D eigenvalue weighted by molar-refractivity contribution is 7.88. The number of rotatable bonds is 7. The minimum absolute atomic E-state index is 0.00348. The fraction of sp³-hybridized carbons (Fsp3) is 0.519. The molecule has 3 aliphatic rings. The number of aromatic hydroxyl groups is 1. The summed E-state index contributed by atoms with van der Waals surface area (Å²) in [5, 5.41) is 45.3. The number of amides is 1. The van der Waals surface area contributed by atoms with Crippen molar-refractivity contribution in [1.29, 1.82) is 0 Å². The fourth-order valence-corrected chi connectivity index (χ4v) is 7.67. The standard InChI is InChI=1S/C27H35N3O9S/c1-25-11-14-13(7-6-10-29-40(5,38)39)8-9-15(31)16(14)19(32)18(25)23(35)27(37)22(34)17(24(28)36)20(33)21(30(3)4)26(27,2)12-25/h8-9,21,29,31-32,34,37H,6-7,10-12H2,1-5H3,(H2,28,36)/t21-,25+,26+,27-/m1/s1. The lowest BCUT2D eigenvalue weighted by atomic mass is 9.46. The van der Waals surface area contributed by atoms with Crippen LogP contribution in [0.5, 0.6) is 5.75 Å². The molecule has 1 amide bonds. The smallest absolute Gasteiger partial charge is 0.255 e. The first kappa shape index (κ1) is 29.7. The largest absolute Gasteiger partial charge is 0.508 e. The predicted octanol–water partition coefficient (Wildman–Crippen LogP) is 0.226. The van der Waals surface area contributed by atoms with Gasteiger partial charge in [-0.05, 0) is 57.0 Å². The summed E-state index contributed by atoms with van der Waals surface area (Å²) in [6.07, 6.45) is 1.92. The number of benzene rings is 1. The van der Waals surface area contributed by atoms with Gasteiger partial charge in [0.2, 0.25) is 15.8 Å². The Morgan fingerprint density at radius 2 is 1.80 bits per heavy atom. The van der Waals surface area contributed by atoms with E-state index >= 15 is 0 Å². The summed E-state index contributed by atoms with van der Waals surface area (Å²) in [7, 11) is -0.294. The fourth-order valence-electron chi connectivity index (χ4n) is 7.15. The number of nitrogens with one attached hydrogen (secondary N) is 1. The van der Waals surface area contributed by atoms with Crippen LogP contribution in [0, 0.1) is 10.8 Å². The first-order valence-corrected chi connectivity index (χ1v) is 14.6. The van der Waals surface area contributed by atoms with Crippen molar-refractivity contribution in [3.05, 3.63) is 45.7 Å². The lowest BCUT2D eigenvalue weighted by molar-refractivity contribution is -0.176. The van der Waals surface area contributed by atoms with Crippen LogP contribution in [-0.4, -0.2) is 89.8 Å². The van der Waals surface area contributed by atoms with Crippen LogP contribution in [0.25, 0.3) is 5.76 Å². The van der Waals surface area contributed by atoms with E-state index in [0.29, 0.717) is 18.4 Å². The summed E-state index contributed by atoms with van der Waals surface area (Å²) in [6.45, 7) is 3.35. The number of nitrogens with two attached hydrogens (primary N) is 1. The highest BCUT2D eigenvalue weighted by Gasteiger charge is 2.72. The lowest BCUT2D eigenvalue weighted by Gasteiger charge is -2.59. The minimum Gasteiger partial charge on any atom is -0.508 e. The molecule has 1 fully saturated rings. The van der Waals surface area contributed by atoms with E-state index in [4.69, 9.17) is 5.73 Å². The number of nitrogens with zero attached hydrogens (tertiary/aromatic N) is 1. The van der Waals surface area contributed by atoms with Crippen LogP contribution in [0.4, 0.5) is 0 Å². The second-order valence-electron chi connectivity index (χ2n) is 11.8. The summed E-state index contributed by atoms with van der Waals surface area (Å²) >= 11 is 0. The van der Waals surface area contributed by atoms with Gasteiger partial charge in [0.15, 0.2) is 11.4 Å². The zero-order chi connectivity index (χ0) is 30.2. The molecule has 0 aromatic heterocycles. The molecule has 4 rings (SSSR count). The Morgan fingerprint density at radius 1 is 1.18 bits per heavy atom. The van der Waals surface area contributed by atoms with E-state index in [1.807, 2.05) is 0 Å². The van der Waals surface area contributed by atoms with Gasteiger partial charge < -0.3 is 26.2 Å². The first-order valence-electron chi connectivity index (χ1n) is 12.8. The Labute approximate surface area is 232 Å². The molecule has 218 valence electrons. The van der Waals surface area contributed by atoms with Crippen LogP contribution < -0.4 is 10.5 Å². The van der Waals surface area contributed by atoms with Gasteiger partial charge in [-0.25, -0.2) is 13.1 Å². The Balaban J connectivity index is 1.92. The molecule has 0 bridgehead atoms. The molecule has 1 aromatic carbocycles. The van der Waals surface area contributed by atoms with Gasteiger partial charge in [-0.2, -0.15) is 0 Å². The number of phenolic OH excluding ortho intramolecular Hbond substituents is 1. The summed E-state index contributed by atoms with van der Waals surface area (Å²) < 4.78 is 25.3. The Hall–Kier alpha value is -3.26. The molecule has 1 aromatic rings. The first-order chi connectivity index (χ1) is 18.3. The number of Topliss-reactive ketones (excluding diaryl/α,β-unsaturated/α-hetero) is 2. The molecule has 4 atom stereocenters. The molecule has 0 saturated heterocycles. The van der Waals surface area contributed by atoms with Crippen molar-refractivity contribution in [2.75, 3.05) is 26.9 Å². The van der Waals surface area contributed by atoms with Crippen LogP contribution in [0.1, 0.15) is 43.4 Å². The van der Waals surface area contributed by atoms with Crippen molar-refractivity contribution in [1.82, 2.24) is 9.62 Å². The van der Waals surface area contributed by atoms with E-state index in [2.05, 4.69) is 4.72 Å². The molecular weight excluding hydrogens is 542 g/mol. The quantitative estimate of drug-likeness (QED) is 0.192. The number of ketones is 2. The van der Waals surface area contributed by atoms with Gasteiger partial charge in [0, 0.05) is 22.9 Å². The molecule has 40 heavy (non-hydrogen) atoms.